The summed E-state index contributed by atoms with van der Waals surface area (Å²) < 4.78 is 49.2. The zero-order valence-electron chi connectivity index (χ0n) is 14.8. The maximum Gasteiger partial charge on any atom is 0.406 e. The SMILES string of the molecule is CCOC(CN(CC(F)(F)F)C(=O)C(N)Cc1ccc(Cl)cc1)OCC. The van der Waals surface area contributed by atoms with Crippen LogP contribution in [0.25, 0.3) is 0 Å². The van der Waals surface area contributed by atoms with Gasteiger partial charge in [-0.15, -0.1) is 0 Å². The van der Waals surface area contributed by atoms with Gasteiger partial charge in [0.15, 0.2) is 6.29 Å². The molecular weight excluding hydrogens is 373 g/mol. The first-order valence-electron chi connectivity index (χ1n) is 8.25. The normalized spacial score (nSPS) is 13.1. The molecule has 0 aliphatic rings. The Balaban J connectivity index is 2.85. The third-order valence-corrected chi connectivity index (χ3v) is 3.69. The van der Waals surface area contributed by atoms with Crippen molar-refractivity contribution >= 4 is 17.5 Å². The van der Waals surface area contributed by atoms with Crippen molar-refractivity contribution in [2.45, 2.75) is 38.8 Å². The number of halogens is 4. The van der Waals surface area contributed by atoms with E-state index in [9.17, 15) is 18.0 Å². The van der Waals surface area contributed by atoms with Crippen molar-refractivity contribution in [3.63, 3.8) is 0 Å². The lowest BCUT2D eigenvalue weighted by atomic mass is 10.1. The Kier molecular flexibility index (Phi) is 9.35. The van der Waals surface area contributed by atoms with Gasteiger partial charge in [0.05, 0.1) is 12.6 Å². The molecule has 1 atom stereocenters. The Hall–Kier alpha value is -1.35. The minimum atomic E-state index is -4.56. The molecule has 0 spiro atoms. The van der Waals surface area contributed by atoms with E-state index in [1.807, 2.05) is 0 Å². The van der Waals surface area contributed by atoms with Crippen molar-refractivity contribution in [3.8, 4) is 0 Å². The standard InChI is InChI=1S/C17H24ClF3N2O3/c1-3-25-15(26-4-2)10-23(11-17(19,20)21)16(24)14(22)9-12-5-7-13(18)8-6-12/h5-8,14-15H,3-4,9-11,22H2,1-2H3. The van der Waals surface area contributed by atoms with Crippen molar-refractivity contribution < 1.29 is 27.4 Å². The van der Waals surface area contributed by atoms with Crippen LogP contribution in [-0.2, 0) is 20.7 Å². The molecule has 1 rings (SSSR count). The molecule has 1 amide bonds. The highest BCUT2D eigenvalue weighted by atomic mass is 35.5. The summed E-state index contributed by atoms with van der Waals surface area (Å²) >= 11 is 5.79. The first-order chi connectivity index (χ1) is 12.2. The summed E-state index contributed by atoms with van der Waals surface area (Å²) in [5.74, 6) is -0.818. The van der Waals surface area contributed by atoms with Crippen molar-refractivity contribution in [1.29, 1.82) is 0 Å². The summed E-state index contributed by atoms with van der Waals surface area (Å²) in [5, 5.41) is 0.517. The number of carbonyl (C=O) groups excluding carboxylic acids is 1. The fourth-order valence-electron chi connectivity index (χ4n) is 2.35. The summed E-state index contributed by atoms with van der Waals surface area (Å²) in [6.45, 7) is 2.10. The van der Waals surface area contributed by atoms with Gasteiger partial charge in [-0.1, -0.05) is 23.7 Å². The largest absolute Gasteiger partial charge is 0.406 e. The molecule has 148 valence electrons. The van der Waals surface area contributed by atoms with Gasteiger partial charge >= 0.3 is 6.18 Å². The van der Waals surface area contributed by atoms with Crippen LogP contribution in [0.1, 0.15) is 19.4 Å². The molecule has 0 bridgehead atoms. The van der Waals surface area contributed by atoms with Gasteiger partial charge in [-0.05, 0) is 38.0 Å². The predicted molar refractivity (Wildman–Crippen MR) is 92.8 cm³/mol. The molecule has 0 saturated heterocycles. The Morgan fingerprint density at radius 3 is 2.19 bits per heavy atom. The second-order valence-electron chi connectivity index (χ2n) is 5.61. The van der Waals surface area contributed by atoms with E-state index in [2.05, 4.69) is 0 Å². The van der Waals surface area contributed by atoms with Gasteiger partial charge in [-0.2, -0.15) is 13.2 Å². The molecule has 9 heteroatoms. The second-order valence-corrected chi connectivity index (χ2v) is 6.05. The number of nitrogens with two attached hydrogens (primary N) is 1. The van der Waals surface area contributed by atoms with E-state index in [0.29, 0.717) is 15.5 Å². The third kappa shape index (κ3) is 8.35. The molecule has 2 N–H and O–H groups in total. The average molecular weight is 397 g/mol. The lowest BCUT2D eigenvalue weighted by Gasteiger charge is -2.30. The molecule has 0 aliphatic heterocycles. The molecule has 1 aromatic rings. The number of benzene rings is 1. The quantitative estimate of drug-likeness (QED) is 0.617. The number of alkyl halides is 3. The van der Waals surface area contributed by atoms with Gasteiger partial charge in [0.1, 0.15) is 6.54 Å². The van der Waals surface area contributed by atoms with Crippen LogP contribution in [0.2, 0.25) is 5.02 Å². The summed E-state index contributed by atoms with van der Waals surface area (Å²) in [5.41, 5.74) is 6.56. The fraction of sp³-hybridized carbons (Fsp3) is 0.588. The molecule has 26 heavy (non-hydrogen) atoms. The van der Waals surface area contributed by atoms with Crippen molar-refractivity contribution in [3.05, 3.63) is 34.9 Å². The number of rotatable bonds is 10. The lowest BCUT2D eigenvalue weighted by molar-refractivity contribution is -0.184. The van der Waals surface area contributed by atoms with E-state index >= 15 is 0 Å². The molecule has 1 aromatic carbocycles. The molecule has 0 radical (unpaired) electrons. The minimum Gasteiger partial charge on any atom is -0.351 e. The van der Waals surface area contributed by atoms with Crippen LogP contribution in [0, 0.1) is 0 Å². The van der Waals surface area contributed by atoms with Crippen LogP contribution >= 0.6 is 11.6 Å². The van der Waals surface area contributed by atoms with Crippen molar-refractivity contribution in [1.82, 2.24) is 4.90 Å². The number of ether oxygens (including phenoxy) is 2. The van der Waals surface area contributed by atoms with Crippen molar-refractivity contribution in [2.24, 2.45) is 5.73 Å². The number of nitrogens with zero attached hydrogens (tertiary/aromatic N) is 1. The molecule has 1 unspecified atom stereocenters. The van der Waals surface area contributed by atoms with Crippen LogP contribution in [0.4, 0.5) is 13.2 Å². The third-order valence-electron chi connectivity index (χ3n) is 3.44. The van der Waals surface area contributed by atoms with E-state index in [0.717, 1.165) is 0 Å². The molecule has 0 aromatic heterocycles. The number of hydrogen-bond donors (Lipinski definition) is 1. The van der Waals surface area contributed by atoms with Crippen LogP contribution in [0.15, 0.2) is 24.3 Å². The predicted octanol–water partition coefficient (Wildman–Crippen LogP) is 3.00. The number of carbonyl (C=O) groups is 1. The number of amides is 1. The maximum atomic E-state index is 12.9. The average Bonchev–Trinajstić information content (AvgIpc) is 2.55. The van der Waals surface area contributed by atoms with Crippen LogP contribution < -0.4 is 5.73 Å². The molecule has 5 nitrogen and oxygen atoms in total. The number of hydrogen-bond acceptors (Lipinski definition) is 4. The zero-order valence-corrected chi connectivity index (χ0v) is 15.5. The second kappa shape index (κ2) is 10.7. The van der Waals surface area contributed by atoms with E-state index in [1.54, 1.807) is 38.1 Å². The van der Waals surface area contributed by atoms with E-state index in [1.165, 1.54) is 0 Å². The van der Waals surface area contributed by atoms with E-state index < -0.39 is 31.0 Å². The highest BCUT2D eigenvalue weighted by Gasteiger charge is 2.36. The Bertz CT molecular complexity index is 549. The van der Waals surface area contributed by atoms with Crippen LogP contribution in [0.5, 0.6) is 0 Å². The highest BCUT2D eigenvalue weighted by molar-refractivity contribution is 6.30. The van der Waals surface area contributed by atoms with Gasteiger partial charge < -0.3 is 20.1 Å². The summed E-state index contributed by atoms with van der Waals surface area (Å²) in [6.07, 6.45) is -5.41. The zero-order chi connectivity index (χ0) is 19.7. The minimum absolute atomic E-state index is 0.0955. The molecular formula is C17H24ClF3N2O3. The summed E-state index contributed by atoms with van der Waals surface area (Å²) in [7, 11) is 0. The fourth-order valence-corrected chi connectivity index (χ4v) is 2.48. The maximum absolute atomic E-state index is 12.9. The Morgan fingerprint density at radius 2 is 1.73 bits per heavy atom. The van der Waals surface area contributed by atoms with Crippen LogP contribution in [0.3, 0.4) is 0 Å². The first-order valence-corrected chi connectivity index (χ1v) is 8.62. The van der Waals surface area contributed by atoms with Gasteiger partial charge in [-0.3, -0.25) is 4.79 Å². The molecule has 0 heterocycles. The Labute approximate surface area is 156 Å². The van der Waals surface area contributed by atoms with Crippen molar-refractivity contribution in [2.75, 3.05) is 26.3 Å². The summed E-state index contributed by atoms with van der Waals surface area (Å²) in [6, 6.07) is 5.48. The van der Waals surface area contributed by atoms with E-state index in [-0.39, 0.29) is 26.2 Å². The van der Waals surface area contributed by atoms with Gasteiger partial charge in [-0.25, -0.2) is 0 Å². The smallest absolute Gasteiger partial charge is 0.351 e. The van der Waals surface area contributed by atoms with E-state index in [4.69, 9.17) is 26.8 Å². The van der Waals surface area contributed by atoms with Crippen LogP contribution in [-0.4, -0.2) is 55.6 Å². The first kappa shape index (κ1) is 22.7. The summed E-state index contributed by atoms with van der Waals surface area (Å²) in [4.78, 5) is 13.1. The highest BCUT2D eigenvalue weighted by Crippen LogP contribution is 2.19. The van der Waals surface area contributed by atoms with Gasteiger partial charge in [0, 0.05) is 18.2 Å². The van der Waals surface area contributed by atoms with Gasteiger partial charge in [0.2, 0.25) is 5.91 Å². The van der Waals surface area contributed by atoms with Gasteiger partial charge in [0.25, 0.3) is 0 Å². The lowest BCUT2D eigenvalue weighted by Crippen LogP contribution is -2.51. The molecule has 0 fully saturated rings. The molecule has 0 saturated carbocycles. The molecule has 0 aliphatic carbocycles. The Morgan fingerprint density at radius 1 is 1.19 bits per heavy atom. The topological polar surface area (TPSA) is 64.8 Å². The monoisotopic (exact) mass is 396 g/mol.